The van der Waals surface area contributed by atoms with E-state index in [9.17, 15) is 8.78 Å². The molecule has 0 spiro atoms. The fourth-order valence-electron chi connectivity index (χ4n) is 12.3. The van der Waals surface area contributed by atoms with Gasteiger partial charge in [0.1, 0.15) is 35.2 Å². The van der Waals surface area contributed by atoms with Crippen molar-refractivity contribution in [3.8, 4) is 50.7 Å². The van der Waals surface area contributed by atoms with Gasteiger partial charge in [-0.25, -0.2) is 38.7 Å². The van der Waals surface area contributed by atoms with E-state index in [0.29, 0.717) is 49.9 Å². The SMILES string of the molecule is Cc1cnc(N[C@H]2CCC[C@@H]2N2CC[C@@H](F)C2)nc1-c1c[nH]c2nc(-c3c(C)noc3C)ccc12.Cc1cnc(N[C@H]2CCC[C@@H]2N2CC[C@@H](F)C2)nc1-c1cn(-c2ccccc2)c2nc(-c3c(C)noc3C)ccc12.O=S=O. The van der Waals surface area contributed by atoms with Crippen molar-refractivity contribution >= 4 is 45.5 Å². The maximum absolute atomic E-state index is 14.0. The third-order valence-corrected chi connectivity index (χ3v) is 16.1. The van der Waals surface area contributed by atoms with E-state index in [0.717, 1.165) is 158 Å². The van der Waals surface area contributed by atoms with E-state index in [1.54, 1.807) is 0 Å². The molecule has 4 fully saturated rings. The predicted molar refractivity (Wildman–Crippen MR) is 300 cm³/mol. The number of halogens is 2. The first-order valence-corrected chi connectivity index (χ1v) is 27.8. The first kappa shape index (κ1) is 53.4. The second-order valence-electron chi connectivity index (χ2n) is 21.3. The Morgan fingerprint density at radius 2 is 1.14 bits per heavy atom. The molecule has 18 nitrogen and oxygen atoms in total. The number of hydrogen-bond acceptors (Lipinski definition) is 16. The number of benzene rings is 1. The molecule has 0 radical (unpaired) electrons. The number of fused-ring (bicyclic) bond motifs is 2. The monoisotopic (exact) mass is 1090 g/mol. The van der Waals surface area contributed by atoms with Crippen LogP contribution in [-0.4, -0.2) is 131 Å². The molecule has 2 saturated carbocycles. The Morgan fingerprint density at radius 3 is 1.65 bits per heavy atom. The van der Waals surface area contributed by atoms with E-state index in [2.05, 4.69) is 80.7 Å². The van der Waals surface area contributed by atoms with E-state index < -0.39 is 23.9 Å². The number of rotatable bonds is 11. The lowest BCUT2D eigenvalue weighted by Crippen LogP contribution is -2.43. The van der Waals surface area contributed by atoms with Crippen LogP contribution in [0.5, 0.6) is 0 Å². The standard InChI is InChI=1S/C32H34FN7O.C26H30FN7O.O2S/c1-19-16-34-32(36-26-10-7-11-28(26)39-15-14-22(33)17-39)37-30(19)25-18-40(23-8-5-4-6-9-23)31-24(25)12-13-27(35-31)29-20(2)38-41-21(29)3;1-14-11-29-26(31-20-5-4-6-22(20)34-10-9-17(27)13-34)32-24(14)19-12-28-25-18(19)7-8-21(30-25)23-15(2)33-35-16(23)3;1-3-2/h4-6,8-9,12-13,16,18,22,26,28H,7,10-11,14-15,17H2,1-3H3,(H,34,36,37);7-8,11-12,17,20,22H,4-6,9-10,13H2,1-3H3,(H,28,30)(H,29,31,32);/t22-,26+,28+;17-,20+,22+;/m11./s1. The number of aromatic amines is 1. The van der Waals surface area contributed by atoms with Crippen molar-refractivity contribution < 1.29 is 26.2 Å². The molecule has 0 amide bonds. The number of aryl methyl sites for hydroxylation is 6. The predicted octanol–water partition coefficient (Wildman–Crippen LogP) is 10.7. The molecule has 8 aromatic heterocycles. The number of anilines is 2. The molecule has 2 aliphatic heterocycles. The number of aromatic nitrogens is 10. The van der Waals surface area contributed by atoms with Crippen LogP contribution in [0.25, 0.3) is 72.8 Å². The summed E-state index contributed by atoms with van der Waals surface area (Å²) in [4.78, 5) is 37.1. The largest absolute Gasteiger partial charge is 0.361 e. The van der Waals surface area contributed by atoms with Crippen LogP contribution in [0.15, 0.2) is 88.4 Å². The number of para-hydroxylation sites is 1. The summed E-state index contributed by atoms with van der Waals surface area (Å²) in [5.41, 5.74) is 13.5. The van der Waals surface area contributed by atoms with Crippen molar-refractivity contribution in [2.45, 2.75) is 129 Å². The lowest BCUT2D eigenvalue weighted by atomic mass is 10.1. The maximum atomic E-state index is 14.0. The first-order valence-electron chi connectivity index (χ1n) is 27.2. The number of hydrogen-bond donors (Lipinski definition) is 3. The van der Waals surface area contributed by atoms with Crippen molar-refractivity contribution in [1.82, 2.24) is 59.6 Å². The quantitative estimate of drug-likeness (QED) is 0.110. The molecule has 0 bridgehead atoms. The molecule has 6 atom stereocenters. The lowest BCUT2D eigenvalue weighted by Gasteiger charge is -2.29. The minimum atomic E-state index is -0.750. The number of pyridine rings is 2. The Balaban J connectivity index is 0.000000161. The third-order valence-electron chi connectivity index (χ3n) is 16.1. The molecule has 410 valence electrons. The third kappa shape index (κ3) is 10.9. The average molecular weight is 1090 g/mol. The van der Waals surface area contributed by atoms with E-state index in [1.165, 1.54) is 0 Å². The number of alkyl halides is 2. The minimum Gasteiger partial charge on any atom is -0.361 e. The maximum Gasteiger partial charge on any atom is 0.335 e. The van der Waals surface area contributed by atoms with Crippen molar-refractivity contribution in [1.29, 1.82) is 0 Å². The highest BCUT2D eigenvalue weighted by atomic mass is 32.1. The van der Waals surface area contributed by atoms with Crippen molar-refractivity contribution in [3.05, 3.63) is 113 Å². The Bertz CT molecular complexity index is 3630. The van der Waals surface area contributed by atoms with Gasteiger partial charge in [-0.3, -0.25) is 9.80 Å². The smallest absolute Gasteiger partial charge is 0.335 e. The molecule has 10 heterocycles. The van der Waals surface area contributed by atoms with E-state index >= 15 is 0 Å². The van der Waals surface area contributed by atoms with E-state index in [4.69, 9.17) is 37.4 Å². The summed E-state index contributed by atoms with van der Waals surface area (Å²) in [6, 6.07) is 19.5. The van der Waals surface area contributed by atoms with Gasteiger partial charge >= 0.3 is 11.6 Å². The van der Waals surface area contributed by atoms with Crippen LogP contribution < -0.4 is 10.6 Å². The van der Waals surface area contributed by atoms with Crippen molar-refractivity contribution in [2.24, 2.45) is 0 Å². The summed E-state index contributed by atoms with van der Waals surface area (Å²) in [5, 5.41) is 17.4. The lowest BCUT2D eigenvalue weighted by molar-refractivity contribution is 0.214. The first-order chi connectivity index (χ1) is 38.3. The highest BCUT2D eigenvalue weighted by molar-refractivity contribution is 7.51. The molecule has 9 aromatic rings. The van der Waals surface area contributed by atoms with Crippen molar-refractivity contribution in [3.63, 3.8) is 0 Å². The van der Waals surface area contributed by atoms with Gasteiger partial charge in [0.25, 0.3) is 0 Å². The fraction of sp³-hybridized carbons (Fsp3) is 0.414. The molecule has 79 heavy (non-hydrogen) atoms. The number of likely N-dealkylation sites (tertiary alicyclic amines) is 2. The van der Waals surface area contributed by atoms with Crippen LogP contribution in [0.4, 0.5) is 20.7 Å². The Kier molecular flexibility index (Phi) is 15.5. The van der Waals surface area contributed by atoms with Gasteiger partial charge in [-0.1, -0.05) is 28.5 Å². The van der Waals surface area contributed by atoms with Crippen LogP contribution in [0, 0.1) is 41.5 Å². The fourth-order valence-corrected chi connectivity index (χ4v) is 12.3. The molecule has 4 aliphatic rings. The van der Waals surface area contributed by atoms with Crippen LogP contribution in [0.1, 0.15) is 85.4 Å². The van der Waals surface area contributed by atoms with Gasteiger partial charge in [-0.05, 0) is 140 Å². The summed E-state index contributed by atoms with van der Waals surface area (Å²) < 4.78 is 57.2. The van der Waals surface area contributed by atoms with Crippen LogP contribution in [-0.2, 0) is 11.6 Å². The van der Waals surface area contributed by atoms with Gasteiger partial charge in [-0.15, -0.1) is 0 Å². The molecule has 13 rings (SSSR count). The summed E-state index contributed by atoms with van der Waals surface area (Å²) in [6.07, 6.45) is 14.2. The number of nitrogens with one attached hydrogen (secondary N) is 3. The zero-order valence-corrected chi connectivity index (χ0v) is 46.0. The van der Waals surface area contributed by atoms with Crippen molar-refractivity contribution in [2.75, 3.05) is 36.8 Å². The molecule has 21 heteroatoms. The Morgan fingerprint density at radius 1 is 0.620 bits per heavy atom. The zero-order chi connectivity index (χ0) is 54.9. The molecular weight excluding hydrogens is 1030 g/mol. The summed E-state index contributed by atoms with van der Waals surface area (Å²) in [6.45, 7) is 14.5. The van der Waals surface area contributed by atoms with Gasteiger partial charge in [0, 0.05) is 103 Å². The van der Waals surface area contributed by atoms with E-state index in [1.807, 2.05) is 90.5 Å². The second-order valence-corrected chi connectivity index (χ2v) is 21.4. The molecular formula is C58H64F2N14O4S. The van der Waals surface area contributed by atoms with Gasteiger partial charge in [0.05, 0.1) is 45.3 Å². The zero-order valence-electron chi connectivity index (χ0n) is 45.2. The van der Waals surface area contributed by atoms with Gasteiger partial charge in [-0.2, -0.15) is 8.42 Å². The number of nitrogens with zero attached hydrogens (tertiary/aromatic N) is 11. The highest BCUT2D eigenvalue weighted by Gasteiger charge is 2.38. The highest BCUT2D eigenvalue weighted by Crippen LogP contribution is 2.38. The van der Waals surface area contributed by atoms with Crippen LogP contribution >= 0.6 is 0 Å². The van der Waals surface area contributed by atoms with Crippen LogP contribution in [0.2, 0.25) is 0 Å². The second kappa shape index (κ2) is 23.0. The summed E-state index contributed by atoms with van der Waals surface area (Å²) >= 11 is -0.750. The minimum absolute atomic E-state index is 0.209. The molecule has 3 N–H and O–H groups in total. The normalized spacial score (nSPS) is 21.3. The molecule has 2 saturated heterocycles. The van der Waals surface area contributed by atoms with Crippen LogP contribution in [0.3, 0.4) is 0 Å². The molecule has 1 aromatic carbocycles. The number of H-pyrrole nitrogens is 1. The van der Waals surface area contributed by atoms with E-state index in [-0.39, 0.29) is 12.1 Å². The van der Waals surface area contributed by atoms with Gasteiger partial charge < -0.3 is 29.2 Å². The van der Waals surface area contributed by atoms with Gasteiger partial charge in [0.2, 0.25) is 11.9 Å². The topological polar surface area (TPSA) is 215 Å². The van der Waals surface area contributed by atoms with Gasteiger partial charge in [0.15, 0.2) is 0 Å². The Hall–Kier alpha value is -7.62. The Labute approximate surface area is 459 Å². The molecule has 2 aliphatic carbocycles. The average Bonchev–Trinajstić information content (AvgIpc) is 4.54. The summed E-state index contributed by atoms with van der Waals surface area (Å²) in [7, 11) is 0. The molecule has 0 unspecified atom stereocenters. The summed E-state index contributed by atoms with van der Waals surface area (Å²) in [5.74, 6) is 2.73.